The molecule has 1 aliphatic heterocycles. The van der Waals surface area contributed by atoms with Crippen molar-refractivity contribution in [2.75, 3.05) is 38.2 Å². The summed E-state index contributed by atoms with van der Waals surface area (Å²) < 4.78 is 5.50. The second-order valence-electron chi connectivity index (χ2n) is 6.48. The molecule has 1 heterocycles. The zero-order valence-electron chi connectivity index (χ0n) is 13.6. The maximum absolute atomic E-state index is 6.17. The molecule has 0 spiro atoms. The van der Waals surface area contributed by atoms with Crippen LogP contribution in [-0.4, -0.2) is 44.2 Å². The first-order valence-electron chi connectivity index (χ1n) is 8.60. The van der Waals surface area contributed by atoms with Gasteiger partial charge in [0.1, 0.15) is 5.75 Å². The van der Waals surface area contributed by atoms with E-state index in [9.17, 15) is 0 Å². The van der Waals surface area contributed by atoms with Gasteiger partial charge in [-0.1, -0.05) is 37.3 Å². The molecule has 0 amide bonds. The molecule has 0 atom stereocenters. The van der Waals surface area contributed by atoms with Gasteiger partial charge in [-0.15, -0.1) is 0 Å². The fourth-order valence-corrected chi connectivity index (χ4v) is 4.03. The van der Waals surface area contributed by atoms with Crippen molar-refractivity contribution in [3.8, 4) is 5.75 Å². The van der Waals surface area contributed by atoms with Gasteiger partial charge in [-0.25, -0.2) is 0 Å². The Balaban J connectivity index is 1.62. The first-order chi connectivity index (χ1) is 10.8. The van der Waals surface area contributed by atoms with Gasteiger partial charge in [-0.2, -0.15) is 0 Å². The van der Waals surface area contributed by atoms with Gasteiger partial charge in [-0.3, -0.25) is 4.90 Å². The van der Waals surface area contributed by atoms with Crippen molar-refractivity contribution in [3.05, 3.63) is 23.2 Å². The second kappa shape index (κ2) is 7.56. The third kappa shape index (κ3) is 3.69. The molecule has 22 heavy (non-hydrogen) atoms. The highest BCUT2D eigenvalue weighted by atomic mass is 35.5. The molecule has 122 valence electrons. The van der Waals surface area contributed by atoms with Crippen LogP contribution >= 0.6 is 11.6 Å². The van der Waals surface area contributed by atoms with Crippen molar-refractivity contribution in [2.45, 2.75) is 44.6 Å². The Morgan fingerprint density at radius 1 is 1.00 bits per heavy atom. The Kier molecular flexibility index (Phi) is 5.48. The maximum Gasteiger partial charge on any atom is 0.142 e. The van der Waals surface area contributed by atoms with Crippen LogP contribution in [0, 0.1) is 0 Å². The van der Waals surface area contributed by atoms with Gasteiger partial charge >= 0.3 is 0 Å². The quantitative estimate of drug-likeness (QED) is 0.776. The number of ether oxygens (including phenoxy) is 1. The number of hydrogen-bond acceptors (Lipinski definition) is 3. The van der Waals surface area contributed by atoms with Crippen LogP contribution in [0.4, 0.5) is 5.69 Å². The van der Waals surface area contributed by atoms with Crippen LogP contribution in [0.3, 0.4) is 0 Å². The predicted molar refractivity (Wildman–Crippen MR) is 93.3 cm³/mol. The molecule has 0 bridgehead atoms. The molecule has 0 N–H and O–H groups in total. The highest BCUT2D eigenvalue weighted by Gasteiger charge is 2.25. The van der Waals surface area contributed by atoms with Crippen molar-refractivity contribution in [1.82, 2.24) is 4.90 Å². The Labute approximate surface area is 139 Å². The number of benzene rings is 1. The van der Waals surface area contributed by atoms with Crippen LogP contribution in [0.1, 0.15) is 38.5 Å². The lowest BCUT2D eigenvalue weighted by molar-refractivity contribution is 0.169. The van der Waals surface area contributed by atoms with Crippen LogP contribution < -0.4 is 9.64 Å². The van der Waals surface area contributed by atoms with E-state index in [0.29, 0.717) is 0 Å². The smallest absolute Gasteiger partial charge is 0.142 e. The van der Waals surface area contributed by atoms with Crippen LogP contribution in [0.5, 0.6) is 5.75 Å². The lowest BCUT2D eigenvalue weighted by Gasteiger charge is -2.40. The molecule has 1 aliphatic carbocycles. The van der Waals surface area contributed by atoms with Crippen molar-refractivity contribution in [1.29, 1.82) is 0 Å². The number of piperazine rings is 1. The molecular formula is C18H27ClN2O. The predicted octanol–water partition coefficient (Wildman–Crippen LogP) is 4.19. The van der Waals surface area contributed by atoms with Gasteiger partial charge in [0, 0.05) is 37.2 Å². The summed E-state index contributed by atoms with van der Waals surface area (Å²) in [6.07, 6.45) is 8.45. The van der Waals surface area contributed by atoms with E-state index >= 15 is 0 Å². The topological polar surface area (TPSA) is 15.7 Å². The Bertz CT molecular complexity index is 478. The van der Waals surface area contributed by atoms with Crippen molar-refractivity contribution in [2.24, 2.45) is 0 Å². The van der Waals surface area contributed by atoms with E-state index in [2.05, 4.69) is 9.80 Å². The Morgan fingerprint density at radius 2 is 1.68 bits per heavy atom. The maximum atomic E-state index is 6.17. The summed E-state index contributed by atoms with van der Waals surface area (Å²) >= 11 is 6.17. The van der Waals surface area contributed by atoms with Gasteiger partial charge < -0.3 is 9.64 Å². The van der Waals surface area contributed by atoms with Crippen LogP contribution in [0.2, 0.25) is 5.02 Å². The average Bonchev–Trinajstić information content (AvgIpc) is 2.84. The molecular weight excluding hydrogens is 296 g/mol. The van der Waals surface area contributed by atoms with E-state index < -0.39 is 0 Å². The molecule has 1 aromatic rings. The molecule has 0 aromatic heterocycles. The minimum Gasteiger partial charge on any atom is -0.495 e. The number of anilines is 1. The number of rotatable bonds is 3. The van der Waals surface area contributed by atoms with Crippen molar-refractivity contribution < 1.29 is 4.74 Å². The molecule has 0 radical (unpaired) electrons. The summed E-state index contributed by atoms with van der Waals surface area (Å²) in [6, 6.07) is 6.70. The summed E-state index contributed by atoms with van der Waals surface area (Å²) in [5, 5.41) is 0.780. The summed E-state index contributed by atoms with van der Waals surface area (Å²) in [6.45, 7) is 4.43. The molecule has 1 saturated carbocycles. The number of hydrogen-bond donors (Lipinski definition) is 0. The standard InChI is InChI=1S/C18H27ClN2O/c1-22-18-9-8-15(19)14-17(18)21-12-10-20(11-13-21)16-6-4-2-3-5-7-16/h8-9,14,16H,2-7,10-13H2,1H3. The first-order valence-corrected chi connectivity index (χ1v) is 8.98. The fraction of sp³-hybridized carbons (Fsp3) is 0.667. The molecule has 3 nitrogen and oxygen atoms in total. The van der Waals surface area contributed by atoms with Crippen LogP contribution in [-0.2, 0) is 0 Å². The van der Waals surface area contributed by atoms with Gasteiger partial charge in [0.05, 0.1) is 12.8 Å². The molecule has 1 saturated heterocycles. The molecule has 4 heteroatoms. The lowest BCUT2D eigenvalue weighted by Crippen LogP contribution is -2.50. The minimum atomic E-state index is 0.780. The molecule has 2 fully saturated rings. The van der Waals surface area contributed by atoms with Crippen LogP contribution in [0.15, 0.2) is 18.2 Å². The van der Waals surface area contributed by atoms with E-state index in [1.807, 2.05) is 18.2 Å². The molecule has 0 unspecified atom stereocenters. The second-order valence-corrected chi connectivity index (χ2v) is 6.92. The summed E-state index contributed by atoms with van der Waals surface area (Å²) in [5.41, 5.74) is 1.13. The largest absolute Gasteiger partial charge is 0.495 e. The number of halogens is 1. The van der Waals surface area contributed by atoms with E-state index in [4.69, 9.17) is 16.3 Å². The monoisotopic (exact) mass is 322 g/mol. The Hall–Kier alpha value is -0.930. The lowest BCUT2D eigenvalue weighted by atomic mass is 10.1. The SMILES string of the molecule is COc1ccc(Cl)cc1N1CCN(C2CCCCCC2)CC1. The van der Waals surface area contributed by atoms with E-state index in [0.717, 1.165) is 48.7 Å². The molecule has 1 aromatic carbocycles. The average molecular weight is 323 g/mol. The third-order valence-corrected chi connectivity index (χ3v) is 5.37. The van der Waals surface area contributed by atoms with E-state index in [1.165, 1.54) is 38.5 Å². The van der Waals surface area contributed by atoms with Gasteiger partial charge in [0.2, 0.25) is 0 Å². The zero-order valence-corrected chi connectivity index (χ0v) is 14.3. The zero-order chi connectivity index (χ0) is 15.4. The van der Waals surface area contributed by atoms with Gasteiger partial charge in [-0.05, 0) is 31.0 Å². The minimum absolute atomic E-state index is 0.780. The molecule has 2 aliphatic rings. The molecule has 3 rings (SSSR count). The van der Waals surface area contributed by atoms with Crippen molar-refractivity contribution >= 4 is 17.3 Å². The summed E-state index contributed by atoms with van der Waals surface area (Å²) in [5.74, 6) is 0.923. The normalized spacial score (nSPS) is 21.6. The van der Waals surface area contributed by atoms with Gasteiger partial charge in [0.25, 0.3) is 0 Å². The van der Waals surface area contributed by atoms with Crippen molar-refractivity contribution in [3.63, 3.8) is 0 Å². The number of nitrogens with zero attached hydrogens (tertiary/aromatic N) is 2. The first kappa shape index (κ1) is 15.9. The highest BCUT2D eigenvalue weighted by Crippen LogP contribution is 2.32. The van der Waals surface area contributed by atoms with Crippen LogP contribution in [0.25, 0.3) is 0 Å². The Morgan fingerprint density at radius 3 is 2.32 bits per heavy atom. The van der Waals surface area contributed by atoms with Gasteiger partial charge in [0.15, 0.2) is 0 Å². The summed E-state index contributed by atoms with van der Waals surface area (Å²) in [7, 11) is 1.73. The third-order valence-electron chi connectivity index (χ3n) is 5.14. The number of methoxy groups -OCH3 is 1. The van der Waals surface area contributed by atoms with E-state index in [1.54, 1.807) is 7.11 Å². The fourth-order valence-electron chi connectivity index (χ4n) is 3.86. The summed E-state index contributed by atoms with van der Waals surface area (Å²) in [4.78, 5) is 5.12. The van der Waals surface area contributed by atoms with E-state index in [-0.39, 0.29) is 0 Å². The highest BCUT2D eigenvalue weighted by molar-refractivity contribution is 6.30.